The lowest BCUT2D eigenvalue weighted by Crippen LogP contribution is -2.43. The standard InChI is InChI=1S/C23H35N5O4/c1-5-10-27-18(29)15-17(20(30)24-9-14-26-12-7-16(3)8-13-26)19-21(27)25(4)23(32)28(11-6-2)22(19)31/h15-16H,5-14H2,1-4H3,(H,24,30). The molecule has 1 fully saturated rings. The molecule has 9 heteroatoms. The molecule has 1 N–H and O–H groups in total. The van der Waals surface area contributed by atoms with Crippen LogP contribution in [0.25, 0.3) is 11.0 Å². The summed E-state index contributed by atoms with van der Waals surface area (Å²) in [6.45, 7) is 9.83. The number of likely N-dealkylation sites (tertiary alicyclic amines) is 1. The Morgan fingerprint density at radius 3 is 2.28 bits per heavy atom. The summed E-state index contributed by atoms with van der Waals surface area (Å²) in [6.07, 6.45) is 3.56. The highest BCUT2D eigenvalue weighted by Crippen LogP contribution is 2.15. The molecule has 0 spiro atoms. The van der Waals surface area contributed by atoms with Gasteiger partial charge in [-0.1, -0.05) is 20.8 Å². The van der Waals surface area contributed by atoms with E-state index in [1.165, 1.54) is 15.2 Å². The first kappa shape index (κ1) is 24.0. The predicted molar refractivity (Wildman–Crippen MR) is 125 cm³/mol. The minimum atomic E-state index is -0.523. The molecule has 1 aliphatic rings. The van der Waals surface area contributed by atoms with Crippen molar-refractivity contribution in [3.05, 3.63) is 42.8 Å². The van der Waals surface area contributed by atoms with Crippen LogP contribution in [-0.4, -0.2) is 50.7 Å². The fraction of sp³-hybridized carbons (Fsp3) is 0.652. The van der Waals surface area contributed by atoms with E-state index in [-0.39, 0.29) is 23.1 Å². The molecule has 3 rings (SSSR count). The summed E-state index contributed by atoms with van der Waals surface area (Å²) in [5.74, 6) is 0.277. The number of carbonyl (C=O) groups excluding carboxylic acids is 1. The first-order valence-corrected chi connectivity index (χ1v) is 11.7. The van der Waals surface area contributed by atoms with Crippen molar-refractivity contribution in [3.63, 3.8) is 0 Å². The molecule has 0 aromatic carbocycles. The second kappa shape index (κ2) is 10.3. The van der Waals surface area contributed by atoms with E-state index in [9.17, 15) is 19.2 Å². The Morgan fingerprint density at radius 2 is 1.66 bits per heavy atom. The van der Waals surface area contributed by atoms with Crippen molar-refractivity contribution in [3.8, 4) is 0 Å². The SMILES string of the molecule is CCCn1c(=O)c2c(C(=O)NCCN3CCC(C)CC3)cc(=O)n(CCC)c2n(C)c1=O. The van der Waals surface area contributed by atoms with Gasteiger partial charge >= 0.3 is 5.69 Å². The molecule has 2 aromatic heterocycles. The summed E-state index contributed by atoms with van der Waals surface area (Å²) in [7, 11) is 1.54. The molecule has 176 valence electrons. The van der Waals surface area contributed by atoms with Crippen LogP contribution in [0.4, 0.5) is 0 Å². The zero-order valence-electron chi connectivity index (χ0n) is 19.6. The Bertz CT molecular complexity index is 1150. The van der Waals surface area contributed by atoms with Gasteiger partial charge in [0.05, 0.1) is 10.9 Å². The number of hydrogen-bond acceptors (Lipinski definition) is 5. The largest absolute Gasteiger partial charge is 0.351 e. The normalized spacial score (nSPS) is 15.4. The van der Waals surface area contributed by atoms with Crippen molar-refractivity contribution in [2.24, 2.45) is 13.0 Å². The Labute approximate surface area is 187 Å². The van der Waals surface area contributed by atoms with Crippen molar-refractivity contribution >= 4 is 16.9 Å². The zero-order valence-corrected chi connectivity index (χ0v) is 19.6. The van der Waals surface area contributed by atoms with E-state index < -0.39 is 22.7 Å². The molecule has 2 aromatic rings. The first-order chi connectivity index (χ1) is 15.3. The van der Waals surface area contributed by atoms with Crippen molar-refractivity contribution in [2.45, 2.75) is 59.5 Å². The average molecular weight is 446 g/mol. The number of rotatable bonds is 8. The third kappa shape index (κ3) is 4.72. The molecule has 0 bridgehead atoms. The molecule has 0 aliphatic carbocycles. The van der Waals surface area contributed by atoms with E-state index in [0.717, 1.165) is 43.0 Å². The smallest absolute Gasteiger partial charge is 0.332 e. The van der Waals surface area contributed by atoms with E-state index >= 15 is 0 Å². The van der Waals surface area contributed by atoms with E-state index in [4.69, 9.17) is 0 Å². The lowest BCUT2D eigenvalue weighted by molar-refractivity contribution is 0.0945. The van der Waals surface area contributed by atoms with Crippen LogP contribution in [0.5, 0.6) is 0 Å². The highest BCUT2D eigenvalue weighted by Gasteiger charge is 2.22. The highest BCUT2D eigenvalue weighted by molar-refractivity contribution is 6.05. The Morgan fingerprint density at radius 1 is 1.03 bits per heavy atom. The van der Waals surface area contributed by atoms with Gasteiger partial charge in [0.1, 0.15) is 5.65 Å². The van der Waals surface area contributed by atoms with Gasteiger partial charge in [-0.05, 0) is 44.7 Å². The van der Waals surface area contributed by atoms with Gasteiger partial charge in [0.25, 0.3) is 17.0 Å². The number of amides is 1. The van der Waals surface area contributed by atoms with E-state index in [1.54, 1.807) is 7.05 Å². The zero-order chi connectivity index (χ0) is 23.4. The van der Waals surface area contributed by atoms with Crippen molar-refractivity contribution in [2.75, 3.05) is 26.2 Å². The van der Waals surface area contributed by atoms with Gasteiger partial charge in [-0.15, -0.1) is 0 Å². The topological polar surface area (TPSA) is 98.3 Å². The Kier molecular flexibility index (Phi) is 7.71. The maximum atomic E-state index is 13.3. The maximum absolute atomic E-state index is 13.3. The van der Waals surface area contributed by atoms with E-state index in [2.05, 4.69) is 17.1 Å². The number of fused-ring (bicyclic) bond motifs is 1. The quantitative estimate of drug-likeness (QED) is 0.657. The number of piperidine rings is 1. The summed E-state index contributed by atoms with van der Waals surface area (Å²) in [5.41, 5.74) is -1.15. The van der Waals surface area contributed by atoms with Crippen LogP contribution in [0.1, 0.15) is 56.8 Å². The number of nitrogens with zero attached hydrogens (tertiary/aromatic N) is 4. The second-order valence-electron chi connectivity index (χ2n) is 8.82. The minimum Gasteiger partial charge on any atom is -0.351 e. The van der Waals surface area contributed by atoms with Crippen LogP contribution in [0, 0.1) is 5.92 Å². The number of hydrogen-bond donors (Lipinski definition) is 1. The second-order valence-corrected chi connectivity index (χ2v) is 8.82. The summed E-state index contributed by atoms with van der Waals surface area (Å²) in [5, 5.41) is 3.00. The van der Waals surface area contributed by atoms with Crippen molar-refractivity contribution in [1.29, 1.82) is 0 Å². The van der Waals surface area contributed by atoms with E-state index in [1.807, 2.05) is 13.8 Å². The van der Waals surface area contributed by atoms with Gasteiger partial charge in [-0.2, -0.15) is 0 Å². The minimum absolute atomic E-state index is 0.0371. The van der Waals surface area contributed by atoms with Gasteiger partial charge in [0, 0.05) is 39.3 Å². The summed E-state index contributed by atoms with van der Waals surface area (Å²) < 4.78 is 3.88. The van der Waals surface area contributed by atoms with Gasteiger partial charge in [-0.25, -0.2) is 4.79 Å². The van der Waals surface area contributed by atoms with Crippen molar-refractivity contribution in [1.82, 2.24) is 23.9 Å². The molecule has 1 aliphatic heterocycles. The summed E-state index contributed by atoms with van der Waals surface area (Å²) in [6, 6.07) is 1.23. The van der Waals surface area contributed by atoms with Crippen molar-refractivity contribution < 1.29 is 4.79 Å². The number of nitrogens with one attached hydrogen (secondary N) is 1. The molecule has 0 unspecified atom stereocenters. The molecule has 1 amide bonds. The number of pyridine rings is 1. The van der Waals surface area contributed by atoms with Gasteiger partial charge < -0.3 is 10.2 Å². The molecule has 9 nitrogen and oxygen atoms in total. The van der Waals surface area contributed by atoms with Crippen LogP contribution in [-0.2, 0) is 20.1 Å². The number of carbonyl (C=O) groups is 1. The lowest BCUT2D eigenvalue weighted by Gasteiger charge is -2.30. The average Bonchev–Trinajstić information content (AvgIpc) is 2.77. The third-order valence-electron chi connectivity index (χ3n) is 6.31. The van der Waals surface area contributed by atoms with Crippen LogP contribution >= 0.6 is 0 Å². The molecule has 0 saturated carbocycles. The summed E-state index contributed by atoms with van der Waals surface area (Å²) in [4.78, 5) is 54.3. The third-order valence-corrected chi connectivity index (χ3v) is 6.31. The summed E-state index contributed by atoms with van der Waals surface area (Å²) >= 11 is 0. The number of aromatic nitrogens is 3. The molecular formula is C23H35N5O4. The first-order valence-electron chi connectivity index (χ1n) is 11.7. The molecule has 1 saturated heterocycles. The molecule has 0 atom stereocenters. The van der Waals surface area contributed by atoms with Crippen LogP contribution in [0.3, 0.4) is 0 Å². The van der Waals surface area contributed by atoms with Crippen LogP contribution in [0.2, 0.25) is 0 Å². The molecule has 3 heterocycles. The van der Waals surface area contributed by atoms with Gasteiger partial charge in [-0.3, -0.25) is 28.1 Å². The number of aryl methyl sites for hydroxylation is 2. The van der Waals surface area contributed by atoms with Crippen LogP contribution < -0.4 is 22.1 Å². The van der Waals surface area contributed by atoms with Crippen LogP contribution in [0.15, 0.2) is 20.4 Å². The monoisotopic (exact) mass is 445 g/mol. The Hall–Kier alpha value is -2.68. The Balaban J connectivity index is 2.01. The predicted octanol–water partition coefficient (Wildman–Crippen LogP) is 1.14. The fourth-order valence-corrected chi connectivity index (χ4v) is 4.43. The lowest BCUT2D eigenvalue weighted by atomic mass is 9.99. The molecule has 0 radical (unpaired) electrons. The van der Waals surface area contributed by atoms with E-state index in [0.29, 0.717) is 25.9 Å². The highest BCUT2D eigenvalue weighted by atomic mass is 16.2. The molecule has 32 heavy (non-hydrogen) atoms. The van der Waals surface area contributed by atoms with Gasteiger partial charge in [0.15, 0.2) is 0 Å². The maximum Gasteiger partial charge on any atom is 0.332 e. The molecular weight excluding hydrogens is 410 g/mol. The fourth-order valence-electron chi connectivity index (χ4n) is 4.43. The van der Waals surface area contributed by atoms with Gasteiger partial charge in [0.2, 0.25) is 0 Å².